The molecule has 4 aliphatic heterocycles. The smallest absolute Gasteiger partial charge is 0.324 e. The van der Waals surface area contributed by atoms with E-state index < -0.39 is 29.5 Å². The molecular weight excluding hydrogens is 841 g/mol. The summed E-state index contributed by atoms with van der Waals surface area (Å²) >= 11 is 1.50. The number of nitriles is 1. The zero-order chi connectivity index (χ0) is 44.6. The SMILES string of the molecule is C[C@@H]1[C@@H](C(=O)N[C@@H]2C(=O)N3CCC[C@H](N3)C(=O)OCC(C)(C)Cc3c(-c4cccnc4)n([C@@H]4CC[C@@H](C#N)C4)c4ccc(cc34)-c3csc(n3)[C@H]2N2CC3(COC3)C2)[C@@H]1c1ccncn1. The zero-order valence-corrected chi connectivity index (χ0v) is 37.8. The van der Waals surface area contributed by atoms with E-state index in [9.17, 15) is 14.9 Å². The number of hydrogen-bond donors (Lipinski definition) is 2. The fourth-order valence-corrected chi connectivity index (χ4v) is 12.4. The third kappa shape index (κ3) is 7.59. The van der Waals surface area contributed by atoms with Gasteiger partial charge in [0.1, 0.15) is 23.4 Å². The van der Waals surface area contributed by atoms with Crippen molar-refractivity contribution in [2.24, 2.45) is 28.6 Å². The molecule has 5 aromatic rings. The van der Waals surface area contributed by atoms with E-state index in [-0.39, 0.29) is 53.5 Å². The summed E-state index contributed by atoms with van der Waals surface area (Å²) in [6, 6.07) is 12.7. The summed E-state index contributed by atoms with van der Waals surface area (Å²) in [7, 11) is 0. The van der Waals surface area contributed by atoms with Crippen molar-refractivity contribution in [1.29, 1.82) is 5.26 Å². The predicted octanol–water partition coefficient (Wildman–Crippen LogP) is 6.01. The van der Waals surface area contributed by atoms with E-state index in [2.05, 4.69) is 84.7 Å². The first-order valence-electron chi connectivity index (χ1n) is 23.0. The molecule has 3 saturated heterocycles. The van der Waals surface area contributed by atoms with Crippen molar-refractivity contribution in [3.8, 4) is 28.6 Å². The fraction of sp³-hybridized carbons (Fsp3) is 0.510. The molecule has 2 saturated carbocycles. The average Bonchev–Trinajstić information content (AvgIpc) is 3.67. The van der Waals surface area contributed by atoms with E-state index >= 15 is 4.79 Å². The van der Waals surface area contributed by atoms with Crippen LogP contribution in [0.15, 0.2) is 66.7 Å². The number of cyclic esters (lactones) is 1. The fourth-order valence-electron chi connectivity index (χ4n) is 11.4. The topological polar surface area (TPSA) is 180 Å². The maximum Gasteiger partial charge on any atom is 0.324 e. The first-order chi connectivity index (χ1) is 31.5. The molecule has 11 rings (SSSR count). The molecule has 8 heterocycles. The number of pyridine rings is 1. The average molecular weight is 895 g/mol. The lowest BCUT2D eigenvalue weighted by molar-refractivity contribution is -0.202. The van der Waals surface area contributed by atoms with Gasteiger partial charge in [0, 0.05) is 106 Å². The largest absolute Gasteiger partial charge is 0.464 e. The Morgan fingerprint density at radius 1 is 1.05 bits per heavy atom. The quantitative estimate of drug-likeness (QED) is 0.190. The second-order valence-corrected chi connectivity index (χ2v) is 21.1. The minimum absolute atomic E-state index is 0.00593. The molecular formula is C49H54N10O5S. The van der Waals surface area contributed by atoms with Crippen molar-refractivity contribution in [3.05, 3.63) is 83.0 Å². The molecule has 65 heavy (non-hydrogen) atoms. The van der Waals surface area contributed by atoms with Gasteiger partial charge in [-0.15, -0.1) is 11.3 Å². The van der Waals surface area contributed by atoms with E-state index in [4.69, 9.17) is 14.5 Å². The van der Waals surface area contributed by atoms with Crippen LogP contribution in [0, 0.1) is 39.9 Å². The highest BCUT2D eigenvalue weighted by Gasteiger charge is 2.57. The third-order valence-electron chi connectivity index (χ3n) is 14.9. The van der Waals surface area contributed by atoms with E-state index in [1.165, 1.54) is 22.7 Å². The third-order valence-corrected chi connectivity index (χ3v) is 15.8. The zero-order valence-electron chi connectivity index (χ0n) is 37.0. The first kappa shape index (κ1) is 42.1. The van der Waals surface area contributed by atoms with Crippen LogP contribution in [0.2, 0.25) is 0 Å². The van der Waals surface area contributed by atoms with Crippen LogP contribution in [0.4, 0.5) is 0 Å². The van der Waals surface area contributed by atoms with Crippen LogP contribution in [0.1, 0.15) is 87.1 Å². The minimum Gasteiger partial charge on any atom is -0.464 e. The normalized spacial score (nSPS) is 29.6. The summed E-state index contributed by atoms with van der Waals surface area (Å²) in [6.07, 6.45) is 11.1. The monoisotopic (exact) mass is 894 g/mol. The van der Waals surface area contributed by atoms with Gasteiger partial charge in [-0.3, -0.25) is 29.3 Å². The number of carbonyl (C=O) groups excluding carboxylic acids is 3. The molecule has 336 valence electrons. The Kier molecular flexibility index (Phi) is 10.6. The molecule has 2 aliphatic carbocycles. The number of aromatic nitrogens is 5. The summed E-state index contributed by atoms with van der Waals surface area (Å²) in [5.41, 5.74) is 9.55. The Hall–Kier alpha value is -5.60. The Morgan fingerprint density at radius 2 is 1.91 bits per heavy atom. The van der Waals surface area contributed by atoms with Gasteiger partial charge in [0.2, 0.25) is 5.91 Å². The molecule has 8 atom stereocenters. The summed E-state index contributed by atoms with van der Waals surface area (Å²) in [5.74, 6) is -1.41. The van der Waals surface area contributed by atoms with Gasteiger partial charge in [-0.05, 0) is 80.3 Å². The summed E-state index contributed by atoms with van der Waals surface area (Å²) in [5, 5.41) is 18.7. The van der Waals surface area contributed by atoms with Gasteiger partial charge in [0.25, 0.3) is 5.91 Å². The van der Waals surface area contributed by atoms with Crippen molar-refractivity contribution in [2.75, 3.05) is 39.5 Å². The number of nitrogens with one attached hydrogen (secondary N) is 2. The number of ether oxygens (including phenoxy) is 2. The van der Waals surface area contributed by atoms with Crippen LogP contribution < -0.4 is 10.7 Å². The number of benzene rings is 1. The Bertz CT molecular complexity index is 2690. The maximum absolute atomic E-state index is 15.2. The van der Waals surface area contributed by atoms with E-state index in [0.717, 1.165) is 68.9 Å². The van der Waals surface area contributed by atoms with E-state index in [0.29, 0.717) is 52.1 Å². The van der Waals surface area contributed by atoms with Crippen molar-refractivity contribution in [1.82, 2.24) is 45.2 Å². The van der Waals surface area contributed by atoms with Crippen LogP contribution in [0.3, 0.4) is 0 Å². The van der Waals surface area contributed by atoms with Gasteiger partial charge in [-0.25, -0.2) is 20.4 Å². The molecule has 6 bridgehead atoms. The minimum atomic E-state index is -1.02. The molecule has 2 N–H and O–H groups in total. The lowest BCUT2D eigenvalue weighted by Gasteiger charge is -2.58. The number of carbonyl (C=O) groups is 3. The van der Waals surface area contributed by atoms with Gasteiger partial charge in [0.05, 0.1) is 43.3 Å². The molecule has 6 aliphatic rings. The number of nitrogens with zero attached hydrogens (tertiary/aromatic N) is 8. The molecule has 4 aromatic heterocycles. The van der Waals surface area contributed by atoms with Crippen molar-refractivity contribution >= 4 is 40.0 Å². The Morgan fingerprint density at radius 3 is 2.65 bits per heavy atom. The summed E-state index contributed by atoms with van der Waals surface area (Å²) in [6.45, 7) is 9.50. The highest BCUT2D eigenvalue weighted by Crippen LogP contribution is 2.54. The number of fused-ring (bicyclic) bond motifs is 6. The number of hydrazine groups is 1. The van der Waals surface area contributed by atoms with Gasteiger partial charge in [-0.1, -0.05) is 26.8 Å². The number of hydrogen-bond acceptors (Lipinski definition) is 13. The van der Waals surface area contributed by atoms with E-state index in [1.807, 2.05) is 25.3 Å². The van der Waals surface area contributed by atoms with E-state index in [1.54, 1.807) is 12.4 Å². The summed E-state index contributed by atoms with van der Waals surface area (Å²) < 4.78 is 14.3. The number of thiazole rings is 1. The molecule has 16 heteroatoms. The number of esters is 1. The lowest BCUT2D eigenvalue weighted by atomic mass is 9.76. The highest BCUT2D eigenvalue weighted by molar-refractivity contribution is 7.10. The van der Waals surface area contributed by atoms with Gasteiger partial charge in [-0.2, -0.15) is 5.26 Å². The molecule has 1 spiro atoms. The Labute approximate surface area is 381 Å². The molecule has 5 fully saturated rings. The molecule has 15 nitrogen and oxygen atoms in total. The number of likely N-dealkylation sites (tertiary alicyclic amines) is 1. The van der Waals surface area contributed by atoms with Crippen molar-refractivity contribution in [2.45, 2.75) is 89.4 Å². The van der Waals surface area contributed by atoms with Crippen molar-refractivity contribution in [3.63, 3.8) is 0 Å². The van der Waals surface area contributed by atoms with Gasteiger partial charge < -0.3 is 19.4 Å². The van der Waals surface area contributed by atoms with Crippen LogP contribution in [0.5, 0.6) is 0 Å². The molecule has 1 aromatic carbocycles. The molecule has 0 radical (unpaired) electrons. The number of amides is 2. The highest BCUT2D eigenvalue weighted by atomic mass is 32.1. The van der Waals surface area contributed by atoms with Crippen LogP contribution in [-0.4, -0.2) is 104 Å². The standard InChI is InChI=1S/C49H54N10O5S/c1-28-39(35-12-14-52-27-53-35)40(28)44(60)55-41-43(57-22-49(23-57)25-63-26-49)45-54-37(21-65-45)30-9-11-38-33(17-30)34(18-48(2,3)24-64-47(62)36-7-5-15-58(56-36)46(41)61)42(31-6-4-13-51-20-31)59(38)32-10-8-29(16-32)19-50/h4,6,9,11-14,17,20-21,27-29,32,36,39-41,43,56H,5,7-8,10,15-16,18,22-26H2,1-3H3,(H,55,60)/t28-,29+,32+,36-,39-,40+,41-,43-/m0/s1. The predicted molar refractivity (Wildman–Crippen MR) is 242 cm³/mol. The van der Waals surface area contributed by atoms with Crippen LogP contribution >= 0.6 is 11.3 Å². The van der Waals surface area contributed by atoms with Crippen LogP contribution in [0.25, 0.3) is 33.4 Å². The maximum atomic E-state index is 15.2. The van der Waals surface area contributed by atoms with Crippen LogP contribution in [-0.2, 0) is 30.3 Å². The molecule has 0 unspecified atom stereocenters. The second kappa shape index (κ2) is 16.4. The number of rotatable bonds is 6. The second-order valence-electron chi connectivity index (χ2n) is 20.2. The summed E-state index contributed by atoms with van der Waals surface area (Å²) in [4.78, 5) is 64.6. The van der Waals surface area contributed by atoms with Gasteiger partial charge in [0.15, 0.2) is 0 Å². The van der Waals surface area contributed by atoms with Crippen molar-refractivity contribution < 1.29 is 23.9 Å². The van der Waals surface area contributed by atoms with Gasteiger partial charge >= 0.3 is 5.97 Å². The lowest BCUT2D eigenvalue weighted by Crippen LogP contribution is -2.70. The first-order valence-corrected chi connectivity index (χ1v) is 23.9. The Balaban J connectivity index is 1.04. The molecule has 2 amide bonds.